The standard InChI is InChI=1S/C12H13N3O2S/c1-3-17-12(16)15-14-8(2)11-13-9-6-4-5-7-10(9)18-11/h4-7H,3H2,1-2H3,(H,15,16)/b14-8-. The van der Waals surface area contributed by atoms with Crippen LogP contribution in [0.15, 0.2) is 29.4 Å². The molecule has 5 nitrogen and oxygen atoms in total. The minimum absolute atomic E-state index is 0.321. The number of nitrogens with zero attached hydrogens (tertiary/aromatic N) is 2. The lowest BCUT2D eigenvalue weighted by atomic mass is 10.3. The zero-order valence-electron chi connectivity index (χ0n) is 10.1. The van der Waals surface area contributed by atoms with E-state index in [9.17, 15) is 4.79 Å². The monoisotopic (exact) mass is 263 g/mol. The molecule has 94 valence electrons. The molecule has 0 spiro atoms. The van der Waals surface area contributed by atoms with Crippen molar-refractivity contribution in [2.24, 2.45) is 5.10 Å². The summed E-state index contributed by atoms with van der Waals surface area (Å²) >= 11 is 1.54. The Balaban J connectivity index is 2.15. The first-order valence-electron chi connectivity index (χ1n) is 5.53. The van der Waals surface area contributed by atoms with Crippen molar-refractivity contribution in [3.05, 3.63) is 29.3 Å². The van der Waals surface area contributed by atoms with Crippen molar-refractivity contribution in [1.82, 2.24) is 10.4 Å². The van der Waals surface area contributed by atoms with Gasteiger partial charge in [-0.1, -0.05) is 12.1 Å². The summed E-state index contributed by atoms with van der Waals surface area (Å²) in [4.78, 5) is 15.5. The van der Waals surface area contributed by atoms with E-state index in [1.54, 1.807) is 13.8 Å². The number of hydrogen-bond donors (Lipinski definition) is 1. The van der Waals surface area contributed by atoms with Crippen molar-refractivity contribution >= 4 is 33.4 Å². The molecule has 0 saturated carbocycles. The molecule has 1 amide bonds. The van der Waals surface area contributed by atoms with Crippen LogP contribution < -0.4 is 5.43 Å². The summed E-state index contributed by atoms with van der Waals surface area (Å²) in [6.07, 6.45) is -0.557. The zero-order chi connectivity index (χ0) is 13.0. The number of rotatable bonds is 3. The van der Waals surface area contributed by atoms with E-state index in [0.717, 1.165) is 15.2 Å². The van der Waals surface area contributed by atoms with Crippen LogP contribution in [0.3, 0.4) is 0 Å². The van der Waals surface area contributed by atoms with Gasteiger partial charge in [-0.2, -0.15) is 5.10 Å². The maximum atomic E-state index is 11.1. The molecule has 0 fully saturated rings. The molecule has 1 N–H and O–H groups in total. The molecule has 1 aromatic heterocycles. The third-order valence-corrected chi connectivity index (χ3v) is 3.34. The second kappa shape index (κ2) is 5.59. The number of aromatic nitrogens is 1. The predicted octanol–water partition coefficient (Wildman–Crippen LogP) is 2.77. The second-order valence-corrected chi connectivity index (χ2v) is 4.55. The first kappa shape index (κ1) is 12.5. The Morgan fingerprint density at radius 3 is 3.00 bits per heavy atom. The van der Waals surface area contributed by atoms with Crippen LogP contribution in [0.5, 0.6) is 0 Å². The summed E-state index contributed by atoms with van der Waals surface area (Å²) in [5.41, 5.74) is 3.91. The van der Waals surface area contributed by atoms with Crippen LogP contribution in [0.2, 0.25) is 0 Å². The number of thiazole rings is 1. The van der Waals surface area contributed by atoms with E-state index in [4.69, 9.17) is 4.74 Å². The van der Waals surface area contributed by atoms with Gasteiger partial charge in [-0.3, -0.25) is 0 Å². The fourth-order valence-corrected chi connectivity index (χ4v) is 2.28. The van der Waals surface area contributed by atoms with Crippen molar-refractivity contribution in [3.63, 3.8) is 0 Å². The fourth-order valence-electron chi connectivity index (χ4n) is 1.37. The highest BCUT2D eigenvalue weighted by atomic mass is 32.1. The van der Waals surface area contributed by atoms with Crippen LogP contribution in [0.1, 0.15) is 18.9 Å². The van der Waals surface area contributed by atoms with Gasteiger partial charge in [0.15, 0.2) is 0 Å². The number of carbonyl (C=O) groups is 1. The molecule has 1 aromatic carbocycles. The molecule has 18 heavy (non-hydrogen) atoms. The molecule has 6 heteroatoms. The van der Waals surface area contributed by atoms with Gasteiger partial charge in [-0.15, -0.1) is 11.3 Å². The van der Waals surface area contributed by atoms with Gasteiger partial charge in [0.1, 0.15) is 5.01 Å². The average molecular weight is 263 g/mol. The van der Waals surface area contributed by atoms with Gasteiger partial charge < -0.3 is 4.74 Å². The number of carbonyl (C=O) groups excluding carboxylic acids is 1. The molecule has 0 radical (unpaired) electrons. The van der Waals surface area contributed by atoms with Crippen LogP contribution in [0, 0.1) is 0 Å². The predicted molar refractivity (Wildman–Crippen MR) is 72.0 cm³/mol. The summed E-state index contributed by atoms with van der Waals surface area (Å²) in [6.45, 7) is 3.86. The third kappa shape index (κ3) is 2.84. The van der Waals surface area contributed by atoms with Crippen molar-refractivity contribution < 1.29 is 9.53 Å². The molecule has 0 unspecified atom stereocenters. The number of amides is 1. The average Bonchev–Trinajstić information content (AvgIpc) is 2.80. The third-order valence-electron chi connectivity index (χ3n) is 2.19. The van der Waals surface area contributed by atoms with Gasteiger partial charge in [0.05, 0.1) is 22.5 Å². The molecule has 1 heterocycles. The highest BCUT2D eigenvalue weighted by Gasteiger charge is 2.06. The van der Waals surface area contributed by atoms with Gasteiger partial charge in [0.25, 0.3) is 0 Å². The summed E-state index contributed by atoms with van der Waals surface area (Å²) in [5, 5.41) is 4.73. The molecule has 0 aliphatic rings. The number of para-hydroxylation sites is 1. The van der Waals surface area contributed by atoms with E-state index >= 15 is 0 Å². The number of hydrazone groups is 1. The van der Waals surface area contributed by atoms with E-state index in [-0.39, 0.29) is 0 Å². The summed E-state index contributed by atoms with van der Waals surface area (Å²) in [6, 6.07) is 7.85. The van der Waals surface area contributed by atoms with Crippen LogP contribution in [0.4, 0.5) is 4.79 Å². The first-order valence-corrected chi connectivity index (χ1v) is 6.35. The lowest BCUT2D eigenvalue weighted by Gasteiger charge is -2.00. The molecule has 0 atom stereocenters. The van der Waals surface area contributed by atoms with E-state index in [2.05, 4.69) is 15.5 Å². The smallest absolute Gasteiger partial charge is 0.427 e. The number of ether oxygens (including phenoxy) is 1. The minimum atomic E-state index is -0.557. The topological polar surface area (TPSA) is 63.6 Å². The van der Waals surface area contributed by atoms with Gasteiger partial charge in [-0.25, -0.2) is 15.2 Å². The van der Waals surface area contributed by atoms with Crippen molar-refractivity contribution in [3.8, 4) is 0 Å². The Labute approximate surface area is 108 Å². The fraction of sp³-hybridized carbons (Fsp3) is 0.250. The molecule has 0 bridgehead atoms. The van der Waals surface area contributed by atoms with E-state index in [1.165, 1.54) is 11.3 Å². The van der Waals surface area contributed by atoms with Crippen LogP contribution in [-0.2, 0) is 4.74 Å². The quantitative estimate of drug-likeness (QED) is 0.684. The Hall–Kier alpha value is -1.95. The molecular formula is C12H13N3O2S. The van der Waals surface area contributed by atoms with E-state index in [0.29, 0.717) is 12.3 Å². The normalized spacial score (nSPS) is 11.6. The zero-order valence-corrected chi connectivity index (χ0v) is 11.0. The largest absolute Gasteiger partial charge is 0.449 e. The van der Waals surface area contributed by atoms with Crippen molar-refractivity contribution in [2.75, 3.05) is 6.61 Å². The number of hydrogen-bond acceptors (Lipinski definition) is 5. The Morgan fingerprint density at radius 1 is 1.50 bits per heavy atom. The summed E-state index contributed by atoms with van der Waals surface area (Å²) < 4.78 is 5.81. The van der Waals surface area contributed by atoms with Crippen molar-refractivity contribution in [2.45, 2.75) is 13.8 Å². The van der Waals surface area contributed by atoms with Gasteiger partial charge in [-0.05, 0) is 26.0 Å². The van der Waals surface area contributed by atoms with Gasteiger partial charge in [0.2, 0.25) is 0 Å². The maximum absolute atomic E-state index is 11.1. The molecule has 2 rings (SSSR count). The molecular weight excluding hydrogens is 250 g/mol. The maximum Gasteiger partial charge on any atom is 0.427 e. The second-order valence-electron chi connectivity index (χ2n) is 3.52. The Bertz CT molecular complexity index is 559. The Morgan fingerprint density at radius 2 is 2.28 bits per heavy atom. The lowest BCUT2D eigenvalue weighted by molar-refractivity contribution is 0.152. The van der Waals surface area contributed by atoms with E-state index < -0.39 is 6.09 Å². The molecule has 0 aliphatic heterocycles. The van der Waals surface area contributed by atoms with Gasteiger partial charge in [0, 0.05) is 0 Å². The minimum Gasteiger partial charge on any atom is -0.449 e. The summed E-state index contributed by atoms with van der Waals surface area (Å²) in [7, 11) is 0. The first-order chi connectivity index (χ1) is 8.70. The number of benzene rings is 1. The highest BCUT2D eigenvalue weighted by Crippen LogP contribution is 2.21. The number of fused-ring (bicyclic) bond motifs is 1. The van der Waals surface area contributed by atoms with Crippen LogP contribution >= 0.6 is 11.3 Å². The molecule has 0 aliphatic carbocycles. The number of nitrogens with one attached hydrogen (secondary N) is 1. The van der Waals surface area contributed by atoms with Crippen LogP contribution in [-0.4, -0.2) is 23.4 Å². The van der Waals surface area contributed by atoms with E-state index in [1.807, 2.05) is 24.3 Å². The molecule has 0 saturated heterocycles. The van der Waals surface area contributed by atoms with Crippen molar-refractivity contribution in [1.29, 1.82) is 0 Å². The lowest BCUT2D eigenvalue weighted by Crippen LogP contribution is -2.20. The van der Waals surface area contributed by atoms with Crippen LogP contribution in [0.25, 0.3) is 10.2 Å². The highest BCUT2D eigenvalue weighted by molar-refractivity contribution is 7.20. The van der Waals surface area contributed by atoms with Gasteiger partial charge >= 0.3 is 6.09 Å². The molecule has 2 aromatic rings. The SMILES string of the molecule is CCOC(=O)N/N=C(/C)c1nc2ccccc2s1. The summed E-state index contributed by atoms with van der Waals surface area (Å²) in [5.74, 6) is 0. The Kier molecular flexibility index (Phi) is 3.88.